The average molecular weight is 309 g/mol. The third kappa shape index (κ3) is 2.38. The number of aliphatic hydroxyl groups is 1. The first-order valence-electron chi connectivity index (χ1n) is 6.46. The molecule has 1 heterocycles. The van der Waals surface area contributed by atoms with Crippen LogP contribution in [0.4, 0.5) is 5.69 Å². The van der Waals surface area contributed by atoms with Gasteiger partial charge in [-0.3, -0.25) is 9.59 Å². The Bertz CT molecular complexity index is 665. The number of hydrogen-bond acceptors (Lipinski definition) is 3. The Morgan fingerprint density at radius 1 is 1.38 bits per heavy atom. The van der Waals surface area contributed by atoms with Crippen LogP contribution in [0, 0.1) is 6.92 Å². The monoisotopic (exact) mass is 308 g/mol. The van der Waals surface area contributed by atoms with E-state index in [9.17, 15) is 14.7 Å². The fourth-order valence-corrected chi connectivity index (χ4v) is 2.29. The maximum absolute atomic E-state index is 12.3. The first kappa shape index (κ1) is 15.4. The Morgan fingerprint density at radius 3 is 2.52 bits per heavy atom. The van der Waals surface area contributed by atoms with Crippen molar-refractivity contribution in [1.82, 2.24) is 4.90 Å². The van der Waals surface area contributed by atoms with Gasteiger partial charge in [-0.15, -0.1) is 0 Å². The summed E-state index contributed by atoms with van der Waals surface area (Å²) in [5, 5.41) is 13.1. The number of anilines is 1. The fraction of sp³-hybridized carbons (Fsp3) is 0.333. The second-order valence-electron chi connectivity index (χ2n) is 5.54. The van der Waals surface area contributed by atoms with Crippen LogP contribution in [0.2, 0.25) is 5.02 Å². The zero-order chi connectivity index (χ0) is 15.9. The highest BCUT2D eigenvalue weighted by atomic mass is 35.5. The van der Waals surface area contributed by atoms with Gasteiger partial charge >= 0.3 is 0 Å². The predicted octanol–water partition coefficient (Wildman–Crippen LogP) is 2.65. The molecular formula is C15H17ClN2O3. The van der Waals surface area contributed by atoms with Crippen molar-refractivity contribution in [2.24, 2.45) is 0 Å². The number of hydrogen-bond donors (Lipinski definition) is 2. The lowest BCUT2D eigenvalue weighted by Gasteiger charge is -2.27. The molecule has 0 spiro atoms. The predicted molar refractivity (Wildman–Crippen MR) is 81.3 cm³/mol. The first-order valence-corrected chi connectivity index (χ1v) is 6.84. The van der Waals surface area contributed by atoms with E-state index in [-0.39, 0.29) is 11.3 Å². The maximum Gasteiger partial charge on any atom is 0.264 e. The van der Waals surface area contributed by atoms with Crippen molar-refractivity contribution in [3.63, 3.8) is 0 Å². The molecule has 2 amide bonds. The summed E-state index contributed by atoms with van der Waals surface area (Å²) < 4.78 is 0. The number of rotatable bonds is 2. The van der Waals surface area contributed by atoms with Crippen molar-refractivity contribution in [2.45, 2.75) is 26.3 Å². The van der Waals surface area contributed by atoms with Gasteiger partial charge < -0.3 is 15.3 Å². The highest BCUT2D eigenvalue weighted by Gasteiger charge is 2.46. The van der Waals surface area contributed by atoms with Gasteiger partial charge in [0.15, 0.2) is 0 Å². The molecule has 0 saturated heterocycles. The van der Waals surface area contributed by atoms with Crippen LogP contribution in [0.15, 0.2) is 29.5 Å². The molecule has 0 unspecified atom stereocenters. The fourth-order valence-electron chi connectivity index (χ4n) is 2.12. The average Bonchev–Trinajstić information content (AvgIpc) is 2.56. The lowest BCUT2D eigenvalue weighted by Crippen LogP contribution is -2.40. The lowest BCUT2D eigenvalue weighted by atomic mass is 10.0. The second kappa shape index (κ2) is 5.07. The molecule has 5 nitrogen and oxygen atoms in total. The van der Waals surface area contributed by atoms with Crippen molar-refractivity contribution in [3.05, 3.63) is 40.1 Å². The summed E-state index contributed by atoms with van der Waals surface area (Å²) in [4.78, 5) is 25.8. The van der Waals surface area contributed by atoms with E-state index in [0.717, 1.165) is 5.56 Å². The van der Waals surface area contributed by atoms with Gasteiger partial charge in [-0.25, -0.2) is 0 Å². The second-order valence-corrected chi connectivity index (χ2v) is 5.92. The summed E-state index contributed by atoms with van der Waals surface area (Å²) in [7, 11) is 1.54. The largest absolute Gasteiger partial charge is 0.509 e. The molecular weight excluding hydrogens is 292 g/mol. The standard InChI is InChI=1S/C15H17ClN2O3/c1-8-6-5-7-9(11(8)16)17-13(20)10-12(19)15(2,3)18(4)14(10)21/h5-7,19H,1-4H3,(H,17,20). The molecule has 6 heteroatoms. The molecule has 0 radical (unpaired) electrons. The van der Waals surface area contributed by atoms with Crippen LogP contribution in [0.5, 0.6) is 0 Å². The third-order valence-corrected chi connectivity index (χ3v) is 4.34. The van der Waals surface area contributed by atoms with E-state index in [2.05, 4.69) is 5.32 Å². The molecule has 0 saturated carbocycles. The third-order valence-electron chi connectivity index (χ3n) is 3.84. The van der Waals surface area contributed by atoms with Gasteiger partial charge in [0.1, 0.15) is 11.3 Å². The Kier molecular flexibility index (Phi) is 3.72. The van der Waals surface area contributed by atoms with E-state index in [1.807, 2.05) is 13.0 Å². The smallest absolute Gasteiger partial charge is 0.264 e. The van der Waals surface area contributed by atoms with Gasteiger partial charge in [0.25, 0.3) is 11.8 Å². The number of carbonyl (C=O) groups excluding carboxylic acids is 2. The number of likely N-dealkylation sites (N-methyl/N-ethyl adjacent to an activating group) is 1. The number of aryl methyl sites for hydroxylation is 1. The molecule has 0 atom stereocenters. The molecule has 1 aliphatic heterocycles. The van der Waals surface area contributed by atoms with Crippen molar-refractivity contribution in [2.75, 3.05) is 12.4 Å². The maximum atomic E-state index is 12.3. The zero-order valence-corrected chi connectivity index (χ0v) is 13.1. The Labute approximate surface area is 128 Å². The van der Waals surface area contributed by atoms with Crippen LogP contribution in [0.25, 0.3) is 0 Å². The zero-order valence-electron chi connectivity index (χ0n) is 12.3. The van der Waals surface area contributed by atoms with Crippen LogP contribution in [-0.2, 0) is 9.59 Å². The highest BCUT2D eigenvalue weighted by molar-refractivity contribution is 6.35. The number of halogens is 1. The van der Waals surface area contributed by atoms with Gasteiger partial charge in [0.05, 0.1) is 16.2 Å². The van der Waals surface area contributed by atoms with E-state index in [0.29, 0.717) is 10.7 Å². The van der Waals surface area contributed by atoms with Crippen LogP contribution in [0.1, 0.15) is 19.4 Å². The van der Waals surface area contributed by atoms with Crippen LogP contribution < -0.4 is 5.32 Å². The van der Waals surface area contributed by atoms with Crippen LogP contribution >= 0.6 is 11.6 Å². The minimum Gasteiger partial charge on any atom is -0.509 e. The summed E-state index contributed by atoms with van der Waals surface area (Å²) in [6.45, 7) is 5.15. The molecule has 1 aromatic carbocycles. The number of carbonyl (C=O) groups is 2. The molecule has 0 aromatic heterocycles. The van der Waals surface area contributed by atoms with Gasteiger partial charge in [0, 0.05) is 7.05 Å². The Hall–Kier alpha value is -2.01. The minimum atomic E-state index is -0.903. The number of amides is 2. The molecule has 2 rings (SSSR count). The lowest BCUT2D eigenvalue weighted by molar-refractivity contribution is -0.129. The van der Waals surface area contributed by atoms with Crippen molar-refractivity contribution < 1.29 is 14.7 Å². The molecule has 0 fully saturated rings. The van der Waals surface area contributed by atoms with Gasteiger partial charge in [-0.1, -0.05) is 23.7 Å². The summed E-state index contributed by atoms with van der Waals surface area (Å²) in [5.74, 6) is -1.42. The first-order chi connectivity index (χ1) is 9.67. The van der Waals surface area contributed by atoms with Gasteiger partial charge in [0.2, 0.25) is 0 Å². The number of nitrogens with zero attached hydrogens (tertiary/aromatic N) is 1. The van der Waals surface area contributed by atoms with Gasteiger partial charge in [-0.05, 0) is 32.4 Å². The minimum absolute atomic E-state index is 0.240. The number of nitrogens with one attached hydrogen (secondary N) is 1. The topological polar surface area (TPSA) is 69.6 Å². The van der Waals surface area contributed by atoms with E-state index < -0.39 is 17.4 Å². The van der Waals surface area contributed by atoms with E-state index >= 15 is 0 Å². The quantitative estimate of drug-likeness (QED) is 0.825. The Morgan fingerprint density at radius 2 is 2.00 bits per heavy atom. The molecule has 0 bridgehead atoms. The summed E-state index contributed by atoms with van der Waals surface area (Å²) in [6, 6.07) is 5.20. The molecule has 2 N–H and O–H groups in total. The van der Waals surface area contributed by atoms with E-state index in [1.165, 1.54) is 4.90 Å². The molecule has 21 heavy (non-hydrogen) atoms. The molecule has 1 aromatic rings. The van der Waals surface area contributed by atoms with Crippen molar-refractivity contribution >= 4 is 29.1 Å². The molecule has 0 aliphatic carbocycles. The highest BCUT2D eigenvalue weighted by Crippen LogP contribution is 2.33. The summed E-state index contributed by atoms with van der Waals surface area (Å²) in [6.07, 6.45) is 0. The number of aliphatic hydroxyl groups excluding tert-OH is 1. The van der Waals surface area contributed by atoms with Crippen molar-refractivity contribution in [1.29, 1.82) is 0 Å². The van der Waals surface area contributed by atoms with Crippen molar-refractivity contribution in [3.8, 4) is 0 Å². The SMILES string of the molecule is Cc1cccc(NC(=O)C2=C(O)C(C)(C)N(C)C2=O)c1Cl. The normalized spacial score (nSPS) is 17.4. The van der Waals surface area contributed by atoms with Crippen LogP contribution in [0.3, 0.4) is 0 Å². The van der Waals surface area contributed by atoms with E-state index in [4.69, 9.17) is 11.6 Å². The van der Waals surface area contributed by atoms with Gasteiger partial charge in [-0.2, -0.15) is 0 Å². The van der Waals surface area contributed by atoms with E-state index in [1.54, 1.807) is 33.0 Å². The number of benzene rings is 1. The molecule has 112 valence electrons. The summed E-state index contributed by atoms with van der Waals surface area (Å²) in [5.41, 5.74) is 0.0604. The van der Waals surface area contributed by atoms with Crippen LogP contribution in [-0.4, -0.2) is 34.4 Å². The summed E-state index contributed by atoms with van der Waals surface area (Å²) >= 11 is 6.11. The Balaban J connectivity index is 2.35. The molecule has 1 aliphatic rings.